The zero-order valence-corrected chi connectivity index (χ0v) is 20.2. The monoisotopic (exact) mass is 492 g/mol. The van der Waals surface area contributed by atoms with Crippen molar-refractivity contribution in [1.82, 2.24) is 14.1 Å². The summed E-state index contributed by atoms with van der Waals surface area (Å²) < 4.78 is 32.8. The molecule has 0 unspecified atom stereocenters. The number of sulfonamides is 1. The van der Waals surface area contributed by atoms with Gasteiger partial charge in [0.2, 0.25) is 10.0 Å². The van der Waals surface area contributed by atoms with Gasteiger partial charge in [-0.1, -0.05) is 48.5 Å². The highest BCUT2D eigenvalue weighted by Crippen LogP contribution is 2.29. The Morgan fingerprint density at radius 3 is 2.31 bits per heavy atom. The first-order valence-electron chi connectivity index (χ1n) is 10.7. The number of amides is 1. The summed E-state index contributed by atoms with van der Waals surface area (Å²) in [4.78, 5) is 26.5. The van der Waals surface area contributed by atoms with E-state index in [4.69, 9.17) is 4.74 Å². The molecule has 0 saturated heterocycles. The molecule has 9 nitrogen and oxygen atoms in total. The van der Waals surface area contributed by atoms with Gasteiger partial charge in [-0.15, -0.1) is 0 Å². The Kier molecular flexibility index (Phi) is 6.68. The van der Waals surface area contributed by atoms with Gasteiger partial charge in [0.1, 0.15) is 5.75 Å². The van der Waals surface area contributed by atoms with Crippen LogP contribution in [0.2, 0.25) is 0 Å². The summed E-state index contributed by atoms with van der Waals surface area (Å²) in [5.41, 5.74) is 0.718. The lowest BCUT2D eigenvalue weighted by atomic mass is 10.1. The second-order valence-electron chi connectivity index (χ2n) is 7.95. The van der Waals surface area contributed by atoms with Gasteiger partial charge >= 0.3 is 0 Å². The van der Waals surface area contributed by atoms with E-state index in [1.165, 1.54) is 44.1 Å². The van der Waals surface area contributed by atoms with Crippen LogP contribution in [0.5, 0.6) is 5.75 Å². The van der Waals surface area contributed by atoms with Crippen molar-refractivity contribution in [2.75, 3.05) is 26.5 Å². The molecule has 3 aromatic carbocycles. The van der Waals surface area contributed by atoms with Crippen LogP contribution in [0.4, 0.5) is 5.69 Å². The summed E-state index contributed by atoms with van der Waals surface area (Å²) >= 11 is 0. The van der Waals surface area contributed by atoms with Gasteiger partial charge in [0.25, 0.3) is 11.5 Å². The summed E-state index contributed by atoms with van der Waals surface area (Å²) in [5, 5.41) is 7.81. The van der Waals surface area contributed by atoms with Crippen LogP contribution in [-0.2, 0) is 16.6 Å². The minimum Gasteiger partial charge on any atom is -0.495 e. The molecule has 0 bridgehead atoms. The molecule has 0 atom stereocenters. The van der Waals surface area contributed by atoms with Gasteiger partial charge in [-0.3, -0.25) is 9.59 Å². The average molecular weight is 493 g/mol. The van der Waals surface area contributed by atoms with Crippen LogP contribution in [0.3, 0.4) is 0 Å². The third kappa shape index (κ3) is 4.79. The average Bonchev–Trinajstić information content (AvgIpc) is 2.86. The van der Waals surface area contributed by atoms with Gasteiger partial charge in [-0.05, 0) is 29.8 Å². The molecule has 35 heavy (non-hydrogen) atoms. The molecule has 180 valence electrons. The molecule has 0 fully saturated rings. The third-order valence-corrected chi connectivity index (χ3v) is 7.27. The quantitative estimate of drug-likeness (QED) is 0.425. The van der Waals surface area contributed by atoms with E-state index >= 15 is 0 Å². The number of hydrogen-bond donors (Lipinski definition) is 1. The van der Waals surface area contributed by atoms with E-state index in [0.717, 1.165) is 9.87 Å². The number of hydrogen-bond acceptors (Lipinski definition) is 6. The Morgan fingerprint density at radius 2 is 1.66 bits per heavy atom. The van der Waals surface area contributed by atoms with Gasteiger partial charge in [-0.25, -0.2) is 17.4 Å². The number of carbonyl (C=O) groups excluding carboxylic acids is 1. The Balaban J connectivity index is 1.79. The van der Waals surface area contributed by atoms with E-state index < -0.39 is 15.9 Å². The van der Waals surface area contributed by atoms with Crippen LogP contribution >= 0.6 is 0 Å². The predicted molar refractivity (Wildman–Crippen MR) is 133 cm³/mol. The van der Waals surface area contributed by atoms with Crippen molar-refractivity contribution >= 4 is 32.4 Å². The zero-order chi connectivity index (χ0) is 25.2. The molecular weight excluding hydrogens is 468 g/mol. The first-order valence-corrected chi connectivity index (χ1v) is 12.1. The third-order valence-electron chi connectivity index (χ3n) is 5.46. The van der Waals surface area contributed by atoms with E-state index in [2.05, 4.69) is 10.4 Å². The molecule has 1 amide bonds. The van der Waals surface area contributed by atoms with Crippen molar-refractivity contribution in [1.29, 1.82) is 0 Å². The zero-order valence-electron chi connectivity index (χ0n) is 19.4. The fourth-order valence-electron chi connectivity index (χ4n) is 3.60. The molecule has 0 radical (unpaired) electrons. The van der Waals surface area contributed by atoms with Crippen LogP contribution in [0.1, 0.15) is 16.1 Å². The Labute approximate surface area is 202 Å². The molecule has 0 spiro atoms. The van der Waals surface area contributed by atoms with Crippen molar-refractivity contribution in [2.45, 2.75) is 11.4 Å². The Hall–Kier alpha value is -4.02. The molecule has 4 aromatic rings. The minimum absolute atomic E-state index is 0.00883. The van der Waals surface area contributed by atoms with E-state index in [1.807, 2.05) is 30.3 Å². The molecule has 10 heteroatoms. The number of nitrogens with one attached hydrogen (secondary N) is 1. The number of fused-ring (bicyclic) bond motifs is 1. The maximum atomic E-state index is 13.4. The highest BCUT2D eigenvalue weighted by molar-refractivity contribution is 7.89. The number of nitrogens with zero attached hydrogens (tertiary/aromatic N) is 3. The molecule has 0 aliphatic heterocycles. The van der Waals surface area contributed by atoms with Crippen molar-refractivity contribution in [3.05, 3.63) is 94.4 Å². The van der Waals surface area contributed by atoms with Gasteiger partial charge < -0.3 is 10.1 Å². The van der Waals surface area contributed by atoms with Crippen LogP contribution in [-0.4, -0.2) is 49.6 Å². The van der Waals surface area contributed by atoms with Crippen molar-refractivity contribution < 1.29 is 17.9 Å². The molecule has 1 heterocycles. The van der Waals surface area contributed by atoms with Crippen molar-refractivity contribution in [3.63, 3.8) is 0 Å². The second-order valence-corrected chi connectivity index (χ2v) is 10.1. The lowest BCUT2D eigenvalue weighted by Gasteiger charge is -2.16. The van der Waals surface area contributed by atoms with Crippen LogP contribution in [0, 0.1) is 0 Å². The summed E-state index contributed by atoms with van der Waals surface area (Å²) in [6.45, 7) is 0.185. The van der Waals surface area contributed by atoms with Crippen LogP contribution in [0.25, 0.3) is 10.8 Å². The van der Waals surface area contributed by atoms with E-state index in [-0.39, 0.29) is 34.1 Å². The number of carbonyl (C=O) groups is 1. The van der Waals surface area contributed by atoms with E-state index in [1.54, 1.807) is 24.3 Å². The SMILES string of the molecule is COc1ccc(S(=O)(=O)N(C)C)cc1NC(=O)c1nn(Cc2ccccc2)c(=O)c2ccccc12. The number of aromatic nitrogens is 2. The molecule has 4 rings (SSSR count). The highest BCUT2D eigenvalue weighted by Gasteiger charge is 2.22. The Bertz CT molecular complexity index is 1560. The van der Waals surface area contributed by atoms with Crippen molar-refractivity contribution in [3.8, 4) is 5.75 Å². The van der Waals surface area contributed by atoms with Crippen molar-refractivity contribution in [2.24, 2.45) is 0 Å². The lowest BCUT2D eigenvalue weighted by molar-refractivity contribution is 0.102. The first-order chi connectivity index (χ1) is 16.7. The van der Waals surface area contributed by atoms with E-state index in [0.29, 0.717) is 10.8 Å². The maximum Gasteiger partial charge on any atom is 0.276 e. The fraction of sp³-hybridized carbons (Fsp3) is 0.160. The molecule has 1 N–H and O–H groups in total. The van der Waals surface area contributed by atoms with Gasteiger partial charge in [0, 0.05) is 19.5 Å². The molecule has 1 aromatic heterocycles. The first kappa shape index (κ1) is 24.1. The smallest absolute Gasteiger partial charge is 0.276 e. The molecule has 0 aliphatic carbocycles. The molecule has 0 aliphatic rings. The number of ether oxygens (including phenoxy) is 1. The fourth-order valence-corrected chi connectivity index (χ4v) is 4.53. The second kappa shape index (κ2) is 9.69. The maximum absolute atomic E-state index is 13.4. The summed E-state index contributed by atoms with van der Waals surface area (Å²) in [5.74, 6) is -0.335. The minimum atomic E-state index is -3.74. The van der Waals surface area contributed by atoms with Gasteiger partial charge in [0.15, 0.2) is 5.69 Å². The van der Waals surface area contributed by atoms with E-state index in [9.17, 15) is 18.0 Å². The Morgan fingerprint density at radius 1 is 1.00 bits per heavy atom. The number of rotatable bonds is 7. The van der Waals surface area contributed by atoms with Gasteiger partial charge in [0.05, 0.1) is 29.6 Å². The highest BCUT2D eigenvalue weighted by atomic mass is 32.2. The van der Waals surface area contributed by atoms with Crippen LogP contribution < -0.4 is 15.6 Å². The molecular formula is C25H24N4O5S. The number of methoxy groups -OCH3 is 1. The largest absolute Gasteiger partial charge is 0.495 e. The number of anilines is 1. The predicted octanol–water partition coefficient (Wildman–Crippen LogP) is 2.96. The summed E-state index contributed by atoms with van der Waals surface area (Å²) in [6.07, 6.45) is 0. The summed E-state index contributed by atoms with van der Waals surface area (Å²) in [7, 11) is 0.515. The normalized spacial score (nSPS) is 11.5. The summed E-state index contributed by atoms with van der Waals surface area (Å²) in [6, 6.07) is 20.2. The number of benzene rings is 3. The topological polar surface area (TPSA) is 111 Å². The van der Waals surface area contributed by atoms with Crippen LogP contribution in [0.15, 0.2) is 82.5 Å². The lowest BCUT2D eigenvalue weighted by Crippen LogP contribution is -2.28. The molecule has 0 saturated carbocycles. The van der Waals surface area contributed by atoms with Gasteiger partial charge in [-0.2, -0.15) is 5.10 Å². The standard InChI is InChI=1S/C25H24N4O5S/c1-28(2)35(32,33)18-13-14-22(34-3)21(15-18)26-24(30)23-19-11-7-8-12-20(19)25(31)29(27-23)16-17-9-5-4-6-10-17/h4-15H,16H2,1-3H3,(H,26,30).